The SMILES string of the molecule is CC(C)(O)[C@H]1CCNC1=O. The van der Waals surface area contributed by atoms with Crippen molar-refractivity contribution in [1.29, 1.82) is 0 Å². The fourth-order valence-electron chi connectivity index (χ4n) is 1.27. The van der Waals surface area contributed by atoms with Crippen LogP contribution < -0.4 is 5.32 Å². The van der Waals surface area contributed by atoms with Gasteiger partial charge in [0.2, 0.25) is 5.91 Å². The minimum Gasteiger partial charge on any atom is -0.390 e. The fraction of sp³-hybridized carbons (Fsp3) is 0.857. The van der Waals surface area contributed by atoms with E-state index in [-0.39, 0.29) is 11.8 Å². The number of aliphatic hydroxyl groups is 1. The van der Waals surface area contributed by atoms with Crippen LogP contribution in [0.15, 0.2) is 0 Å². The van der Waals surface area contributed by atoms with E-state index in [9.17, 15) is 9.90 Å². The van der Waals surface area contributed by atoms with Gasteiger partial charge in [0.1, 0.15) is 0 Å². The second kappa shape index (κ2) is 2.23. The van der Waals surface area contributed by atoms with E-state index < -0.39 is 5.60 Å². The van der Waals surface area contributed by atoms with Crippen LogP contribution in [0.5, 0.6) is 0 Å². The van der Waals surface area contributed by atoms with Crippen molar-refractivity contribution < 1.29 is 9.90 Å². The molecule has 1 saturated heterocycles. The van der Waals surface area contributed by atoms with Gasteiger partial charge in [-0.3, -0.25) is 4.79 Å². The standard InChI is InChI=1S/C7H13NO2/c1-7(2,10)5-3-4-8-6(5)9/h5,10H,3-4H2,1-2H3,(H,8,9)/t5-/m0/s1. The number of carbonyl (C=O) groups excluding carboxylic acids is 1. The highest BCUT2D eigenvalue weighted by atomic mass is 16.3. The van der Waals surface area contributed by atoms with Crippen molar-refractivity contribution in [3.05, 3.63) is 0 Å². The lowest BCUT2D eigenvalue weighted by molar-refractivity contribution is -0.128. The summed E-state index contributed by atoms with van der Waals surface area (Å²) >= 11 is 0. The molecule has 0 bridgehead atoms. The molecule has 0 aromatic carbocycles. The van der Waals surface area contributed by atoms with Crippen LogP contribution in [0, 0.1) is 5.92 Å². The van der Waals surface area contributed by atoms with E-state index in [1.807, 2.05) is 0 Å². The first-order chi connectivity index (χ1) is 4.52. The third kappa shape index (κ3) is 1.29. The van der Waals surface area contributed by atoms with Gasteiger partial charge in [0.05, 0.1) is 11.5 Å². The van der Waals surface area contributed by atoms with Crippen molar-refractivity contribution in [2.24, 2.45) is 5.92 Å². The first-order valence-electron chi connectivity index (χ1n) is 3.52. The van der Waals surface area contributed by atoms with Crippen molar-refractivity contribution in [1.82, 2.24) is 5.32 Å². The van der Waals surface area contributed by atoms with Gasteiger partial charge in [0.15, 0.2) is 0 Å². The number of hydrogen-bond acceptors (Lipinski definition) is 2. The minimum absolute atomic E-state index is 0.0208. The minimum atomic E-state index is -0.861. The van der Waals surface area contributed by atoms with E-state index >= 15 is 0 Å². The summed E-state index contributed by atoms with van der Waals surface area (Å²) < 4.78 is 0. The second-order valence-corrected chi connectivity index (χ2v) is 3.29. The summed E-state index contributed by atoms with van der Waals surface area (Å²) in [5.41, 5.74) is -0.861. The van der Waals surface area contributed by atoms with Crippen LogP contribution in [0.4, 0.5) is 0 Å². The number of rotatable bonds is 1. The van der Waals surface area contributed by atoms with Gasteiger partial charge in [0, 0.05) is 6.54 Å². The third-order valence-electron chi connectivity index (χ3n) is 1.90. The van der Waals surface area contributed by atoms with Crippen molar-refractivity contribution in [2.45, 2.75) is 25.9 Å². The summed E-state index contributed by atoms with van der Waals surface area (Å²) in [6, 6.07) is 0. The van der Waals surface area contributed by atoms with E-state index in [0.717, 1.165) is 6.42 Å². The average Bonchev–Trinajstić information content (AvgIpc) is 2.11. The van der Waals surface area contributed by atoms with Crippen molar-refractivity contribution in [3.63, 3.8) is 0 Å². The molecule has 0 aliphatic carbocycles. The second-order valence-electron chi connectivity index (χ2n) is 3.29. The fourth-order valence-corrected chi connectivity index (χ4v) is 1.27. The molecule has 0 aromatic heterocycles. The highest BCUT2D eigenvalue weighted by Gasteiger charge is 2.36. The van der Waals surface area contributed by atoms with Crippen LogP contribution in [0.3, 0.4) is 0 Å². The zero-order chi connectivity index (χ0) is 7.78. The average molecular weight is 143 g/mol. The predicted octanol–water partition coefficient (Wildman–Crippen LogP) is -0.107. The predicted molar refractivity (Wildman–Crippen MR) is 37.4 cm³/mol. The summed E-state index contributed by atoms with van der Waals surface area (Å²) in [6.07, 6.45) is 0.752. The van der Waals surface area contributed by atoms with Crippen LogP contribution in [0.25, 0.3) is 0 Å². The van der Waals surface area contributed by atoms with Crippen LogP contribution in [-0.2, 0) is 4.79 Å². The molecule has 1 amide bonds. The highest BCUT2D eigenvalue weighted by Crippen LogP contribution is 2.22. The molecule has 3 nitrogen and oxygen atoms in total. The van der Waals surface area contributed by atoms with Gasteiger partial charge in [-0.05, 0) is 20.3 Å². The number of nitrogens with one attached hydrogen (secondary N) is 1. The molecule has 0 radical (unpaired) electrons. The van der Waals surface area contributed by atoms with Gasteiger partial charge >= 0.3 is 0 Å². The zero-order valence-electron chi connectivity index (χ0n) is 6.35. The van der Waals surface area contributed by atoms with E-state index in [2.05, 4.69) is 5.32 Å². The Bertz CT molecular complexity index is 148. The maximum atomic E-state index is 10.9. The third-order valence-corrected chi connectivity index (χ3v) is 1.90. The summed E-state index contributed by atoms with van der Waals surface area (Å²) in [5, 5.41) is 12.1. The molecule has 1 fully saturated rings. The molecule has 1 rings (SSSR count). The van der Waals surface area contributed by atoms with Crippen LogP contribution >= 0.6 is 0 Å². The molecular weight excluding hydrogens is 130 g/mol. The summed E-state index contributed by atoms with van der Waals surface area (Å²) in [5.74, 6) is -0.236. The largest absolute Gasteiger partial charge is 0.390 e. The van der Waals surface area contributed by atoms with E-state index in [4.69, 9.17) is 0 Å². The summed E-state index contributed by atoms with van der Waals surface area (Å²) in [7, 11) is 0. The maximum absolute atomic E-state index is 10.9. The smallest absolute Gasteiger partial charge is 0.226 e. The van der Waals surface area contributed by atoms with Crippen molar-refractivity contribution in [3.8, 4) is 0 Å². The quantitative estimate of drug-likeness (QED) is 0.538. The Balaban J connectivity index is 2.64. The van der Waals surface area contributed by atoms with Gasteiger partial charge in [-0.2, -0.15) is 0 Å². The molecule has 10 heavy (non-hydrogen) atoms. The molecular formula is C7H13NO2. The Morgan fingerprint density at radius 1 is 1.70 bits per heavy atom. The molecule has 58 valence electrons. The van der Waals surface area contributed by atoms with E-state index in [0.29, 0.717) is 6.54 Å². The normalized spacial score (nSPS) is 26.7. The first kappa shape index (κ1) is 7.54. The highest BCUT2D eigenvalue weighted by molar-refractivity contribution is 5.81. The van der Waals surface area contributed by atoms with Gasteiger partial charge in [-0.25, -0.2) is 0 Å². The number of amides is 1. The molecule has 0 aromatic rings. The molecule has 1 aliphatic heterocycles. The topological polar surface area (TPSA) is 49.3 Å². The van der Waals surface area contributed by atoms with E-state index in [1.54, 1.807) is 13.8 Å². The Kier molecular flexibility index (Phi) is 1.68. The lowest BCUT2D eigenvalue weighted by Gasteiger charge is -2.22. The number of carbonyl (C=O) groups is 1. The van der Waals surface area contributed by atoms with Gasteiger partial charge in [-0.15, -0.1) is 0 Å². The van der Waals surface area contributed by atoms with Gasteiger partial charge in [-0.1, -0.05) is 0 Å². The molecule has 1 atom stereocenters. The van der Waals surface area contributed by atoms with E-state index in [1.165, 1.54) is 0 Å². The Morgan fingerprint density at radius 3 is 2.50 bits per heavy atom. The van der Waals surface area contributed by atoms with Crippen LogP contribution in [0.1, 0.15) is 20.3 Å². The molecule has 0 unspecified atom stereocenters. The lowest BCUT2D eigenvalue weighted by atomic mass is 9.90. The van der Waals surface area contributed by atoms with Crippen LogP contribution in [0.2, 0.25) is 0 Å². The molecule has 0 saturated carbocycles. The molecule has 1 aliphatic rings. The Hall–Kier alpha value is -0.570. The van der Waals surface area contributed by atoms with Crippen LogP contribution in [-0.4, -0.2) is 23.2 Å². The molecule has 0 spiro atoms. The Morgan fingerprint density at radius 2 is 2.30 bits per heavy atom. The summed E-state index contributed by atoms with van der Waals surface area (Å²) in [6.45, 7) is 4.04. The summed E-state index contributed by atoms with van der Waals surface area (Å²) in [4.78, 5) is 10.9. The van der Waals surface area contributed by atoms with Crippen molar-refractivity contribution >= 4 is 5.91 Å². The lowest BCUT2D eigenvalue weighted by Crippen LogP contribution is -2.36. The first-order valence-corrected chi connectivity index (χ1v) is 3.52. The van der Waals surface area contributed by atoms with Crippen molar-refractivity contribution in [2.75, 3.05) is 6.54 Å². The molecule has 3 heteroatoms. The maximum Gasteiger partial charge on any atom is 0.226 e. The molecule has 1 heterocycles. The number of hydrogen-bond donors (Lipinski definition) is 2. The Labute approximate surface area is 60.4 Å². The van der Waals surface area contributed by atoms with Gasteiger partial charge in [0.25, 0.3) is 0 Å². The van der Waals surface area contributed by atoms with Gasteiger partial charge < -0.3 is 10.4 Å². The zero-order valence-corrected chi connectivity index (χ0v) is 6.35. The molecule has 2 N–H and O–H groups in total. The monoisotopic (exact) mass is 143 g/mol.